The molecule has 3 rings (SSSR count). The molecule has 4 nitrogen and oxygen atoms in total. The zero-order chi connectivity index (χ0) is 18.7. The van der Waals surface area contributed by atoms with Crippen LogP contribution >= 0.6 is 0 Å². The van der Waals surface area contributed by atoms with Gasteiger partial charge in [-0.1, -0.05) is 48.5 Å². The van der Waals surface area contributed by atoms with Crippen molar-refractivity contribution >= 4 is 17.5 Å². The summed E-state index contributed by atoms with van der Waals surface area (Å²) in [5, 5.41) is 0. The van der Waals surface area contributed by atoms with E-state index < -0.39 is 5.41 Å². The maximum Gasteiger partial charge on any atom is 0.238 e. The van der Waals surface area contributed by atoms with Crippen molar-refractivity contribution in [1.29, 1.82) is 0 Å². The van der Waals surface area contributed by atoms with E-state index in [1.807, 2.05) is 68.4 Å². The molecule has 4 heteroatoms. The average Bonchev–Trinajstić information content (AvgIpc) is 2.86. The molecule has 1 aliphatic heterocycles. The van der Waals surface area contributed by atoms with Gasteiger partial charge in [-0.05, 0) is 37.5 Å². The summed E-state index contributed by atoms with van der Waals surface area (Å²) in [5.74, 6) is 0.0347. The van der Waals surface area contributed by atoms with E-state index in [9.17, 15) is 9.59 Å². The van der Waals surface area contributed by atoms with E-state index in [1.165, 1.54) is 0 Å². The minimum Gasteiger partial charge on any atom is -0.343 e. The zero-order valence-electron chi connectivity index (χ0n) is 15.7. The van der Waals surface area contributed by atoms with Crippen LogP contribution in [0.25, 0.3) is 0 Å². The smallest absolute Gasteiger partial charge is 0.238 e. The lowest BCUT2D eigenvalue weighted by Gasteiger charge is -2.30. The van der Waals surface area contributed by atoms with E-state index >= 15 is 0 Å². The van der Waals surface area contributed by atoms with Gasteiger partial charge in [-0.15, -0.1) is 0 Å². The molecule has 0 saturated carbocycles. The second kappa shape index (κ2) is 7.32. The van der Waals surface area contributed by atoms with Crippen molar-refractivity contribution in [2.75, 3.05) is 25.0 Å². The fourth-order valence-electron chi connectivity index (χ4n) is 4.01. The first-order valence-electron chi connectivity index (χ1n) is 9.23. The molecule has 0 fully saturated rings. The molecule has 0 unspecified atom stereocenters. The molecule has 2 amide bonds. The number of carbonyl (C=O) groups is 2. The highest BCUT2D eigenvalue weighted by Gasteiger charge is 2.51. The molecule has 1 heterocycles. The molecule has 0 bridgehead atoms. The van der Waals surface area contributed by atoms with Gasteiger partial charge in [0.05, 0.1) is 5.41 Å². The number of hydrogen-bond acceptors (Lipinski definition) is 2. The quantitative estimate of drug-likeness (QED) is 0.801. The predicted molar refractivity (Wildman–Crippen MR) is 104 cm³/mol. The van der Waals surface area contributed by atoms with Gasteiger partial charge in [-0.3, -0.25) is 9.59 Å². The normalized spacial score (nSPS) is 18.7. The zero-order valence-corrected chi connectivity index (χ0v) is 15.7. The Morgan fingerprint density at radius 3 is 2.27 bits per heavy atom. The van der Waals surface area contributed by atoms with Gasteiger partial charge >= 0.3 is 0 Å². The second-order valence-electron chi connectivity index (χ2n) is 6.87. The summed E-state index contributed by atoms with van der Waals surface area (Å²) in [4.78, 5) is 29.9. The Kier molecular flexibility index (Phi) is 5.12. The maximum absolute atomic E-state index is 13.4. The summed E-state index contributed by atoms with van der Waals surface area (Å²) in [6, 6.07) is 17.8. The van der Waals surface area contributed by atoms with Crippen LogP contribution in [0.2, 0.25) is 0 Å². The Morgan fingerprint density at radius 1 is 1.00 bits per heavy atom. The van der Waals surface area contributed by atoms with E-state index in [0.717, 1.165) is 16.8 Å². The van der Waals surface area contributed by atoms with Crippen LogP contribution in [0, 0.1) is 0 Å². The van der Waals surface area contributed by atoms with Crippen molar-refractivity contribution in [2.24, 2.45) is 0 Å². The molecule has 1 atom stereocenters. The van der Waals surface area contributed by atoms with E-state index in [0.29, 0.717) is 19.5 Å². The number of rotatable bonds is 6. The third-order valence-electron chi connectivity index (χ3n) is 5.41. The van der Waals surface area contributed by atoms with Crippen LogP contribution in [-0.2, 0) is 21.4 Å². The minimum absolute atomic E-state index is 0.00283. The lowest BCUT2D eigenvalue weighted by molar-refractivity contribution is -0.136. The number of nitrogens with zero attached hydrogens (tertiary/aromatic N) is 2. The van der Waals surface area contributed by atoms with E-state index in [4.69, 9.17) is 0 Å². The summed E-state index contributed by atoms with van der Waals surface area (Å²) in [6.07, 6.45) is 0.727. The van der Waals surface area contributed by atoms with Gasteiger partial charge in [0.25, 0.3) is 0 Å². The number of likely N-dealkylation sites (N-methyl/N-ethyl adjacent to an activating group) is 1. The fourth-order valence-corrected chi connectivity index (χ4v) is 4.01. The molecule has 26 heavy (non-hydrogen) atoms. The lowest BCUT2D eigenvalue weighted by atomic mass is 9.73. The van der Waals surface area contributed by atoms with Crippen LogP contribution in [0.15, 0.2) is 54.6 Å². The molecule has 0 spiro atoms. The third kappa shape index (κ3) is 3.00. The Balaban J connectivity index is 2.08. The van der Waals surface area contributed by atoms with Crippen LogP contribution in [0.4, 0.5) is 5.69 Å². The van der Waals surface area contributed by atoms with Gasteiger partial charge in [-0.25, -0.2) is 0 Å². The lowest BCUT2D eigenvalue weighted by Crippen LogP contribution is -2.45. The molecule has 2 aromatic carbocycles. The van der Waals surface area contributed by atoms with Crippen molar-refractivity contribution in [2.45, 2.75) is 32.1 Å². The summed E-state index contributed by atoms with van der Waals surface area (Å²) >= 11 is 0. The number of benzene rings is 2. The predicted octanol–water partition coefficient (Wildman–Crippen LogP) is 3.40. The molecule has 1 aliphatic rings. The fraction of sp³-hybridized carbons (Fsp3) is 0.364. The van der Waals surface area contributed by atoms with E-state index in [-0.39, 0.29) is 18.2 Å². The molecule has 136 valence electrons. The van der Waals surface area contributed by atoms with Gasteiger partial charge in [0.15, 0.2) is 0 Å². The van der Waals surface area contributed by atoms with E-state index in [2.05, 4.69) is 0 Å². The highest BCUT2D eigenvalue weighted by atomic mass is 16.2. The van der Waals surface area contributed by atoms with Crippen LogP contribution in [0.3, 0.4) is 0 Å². The van der Waals surface area contributed by atoms with Crippen LogP contribution in [0.1, 0.15) is 31.4 Å². The number of anilines is 1. The van der Waals surface area contributed by atoms with Crippen LogP contribution < -0.4 is 4.90 Å². The summed E-state index contributed by atoms with van der Waals surface area (Å²) in [5.41, 5.74) is 2.09. The summed E-state index contributed by atoms with van der Waals surface area (Å²) in [7, 11) is 1.80. The SMILES string of the molecule is CCN(CC)C(=O)C[C@@]1(Cc2ccccc2)C(=O)N(C)c2ccccc21. The Labute approximate surface area is 155 Å². The average molecular weight is 350 g/mol. The summed E-state index contributed by atoms with van der Waals surface area (Å²) < 4.78 is 0. The molecule has 0 aromatic heterocycles. The summed E-state index contributed by atoms with van der Waals surface area (Å²) in [6.45, 7) is 5.26. The third-order valence-corrected chi connectivity index (χ3v) is 5.41. The van der Waals surface area contributed by atoms with Crippen molar-refractivity contribution < 1.29 is 9.59 Å². The minimum atomic E-state index is -0.841. The van der Waals surface area contributed by atoms with Crippen molar-refractivity contribution in [3.05, 3.63) is 65.7 Å². The van der Waals surface area contributed by atoms with E-state index in [1.54, 1.807) is 16.8 Å². The molecule has 0 saturated heterocycles. The Bertz CT molecular complexity index is 799. The van der Waals surface area contributed by atoms with Gasteiger partial charge in [-0.2, -0.15) is 0 Å². The van der Waals surface area contributed by atoms with Gasteiger partial charge in [0.1, 0.15) is 0 Å². The number of carbonyl (C=O) groups excluding carboxylic acids is 2. The number of hydrogen-bond donors (Lipinski definition) is 0. The molecule has 0 aliphatic carbocycles. The molecule has 0 N–H and O–H groups in total. The highest BCUT2D eigenvalue weighted by molar-refractivity contribution is 6.09. The number of fused-ring (bicyclic) bond motifs is 1. The van der Waals surface area contributed by atoms with Crippen LogP contribution in [-0.4, -0.2) is 36.9 Å². The van der Waals surface area contributed by atoms with Gasteiger partial charge in [0.2, 0.25) is 11.8 Å². The first-order valence-corrected chi connectivity index (χ1v) is 9.23. The molecule has 0 radical (unpaired) electrons. The van der Waals surface area contributed by atoms with Crippen LogP contribution in [0.5, 0.6) is 0 Å². The van der Waals surface area contributed by atoms with Crippen molar-refractivity contribution in [3.63, 3.8) is 0 Å². The Morgan fingerprint density at radius 2 is 1.62 bits per heavy atom. The first kappa shape index (κ1) is 18.2. The topological polar surface area (TPSA) is 40.6 Å². The van der Waals surface area contributed by atoms with Gasteiger partial charge < -0.3 is 9.80 Å². The number of para-hydroxylation sites is 1. The molecular weight excluding hydrogens is 324 g/mol. The molecule has 2 aromatic rings. The second-order valence-corrected chi connectivity index (χ2v) is 6.87. The maximum atomic E-state index is 13.4. The largest absolute Gasteiger partial charge is 0.343 e. The Hall–Kier alpha value is -2.62. The first-order chi connectivity index (χ1) is 12.5. The van der Waals surface area contributed by atoms with Crippen molar-refractivity contribution in [1.82, 2.24) is 4.90 Å². The van der Waals surface area contributed by atoms with Crippen molar-refractivity contribution in [3.8, 4) is 0 Å². The monoisotopic (exact) mass is 350 g/mol. The number of amides is 2. The molecular formula is C22H26N2O2. The van der Waals surface area contributed by atoms with Gasteiger partial charge in [0, 0.05) is 32.2 Å². The standard InChI is InChI=1S/C22H26N2O2/c1-4-24(5-2)20(25)16-22(15-17-11-7-6-8-12-17)18-13-9-10-14-19(18)23(3)21(22)26/h6-14H,4-5,15-16H2,1-3H3/t22-/m1/s1. The highest BCUT2D eigenvalue weighted by Crippen LogP contribution is 2.45.